The third-order valence-electron chi connectivity index (χ3n) is 4.58. The molecular formula is C22H22O2P. The molecule has 3 aromatic rings. The van der Waals surface area contributed by atoms with E-state index in [0.29, 0.717) is 16.2 Å². The van der Waals surface area contributed by atoms with Crippen molar-refractivity contribution in [3.8, 4) is 0 Å². The SMILES string of the molecule is Cc1cc(C)c(C(=O)[PH]([O])(c2ccccc2)c2ccccc2)c(C)c1. The zero-order chi connectivity index (χ0) is 18.0. The number of benzene rings is 3. The van der Waals surface area contributed by atoms with E-state index in [1.165, 1.54) is 0 Å². The third-order valence-corrected chi connectivity index (χ3v) is 7.77. The van der Waals surface area contributed by atoms with Crippen LogP contribution < -0.4 is 10.6 Å². The Morgan fingerprint density at radius 1 is 0.720 bits per heavy atom. The summed E-state index contributed by atoms with van der Waals surface area (Å²) in [6.45, 7) is 5.83. The molecule has 0 aromatic heterocycles. The average Bonchev–Trinajstić information content (AvgIpc) is 2.61. The topological polar surface area (TPSA) is 37.0 Å². The fourth-order valence-corrected chi connectivity index (χ4v) is 6.42. The van der Waals surface area contributed by atoms with E-state index >= 15 is 0 Å². The van der Waals surface area contributed by atoms with Crippen LogP contribution >= 0.6 is 7.49 Å². The number of carbonyl (C=O) groups excluding carboxylic acids is 1. The van der Waals surface area contributed by atoms with Crippen molar-refractivity contribution >= 4 is 23.6 Å². The molecule has 0 N–H and O–H groups in total. The van der Waals surface area contributed by atoms with E-state index in [-0.39, 0.29) is 5.52 Å². The Balaban J connectivity index is 2.25. The zero-order valence-corrected chi connectivity index (χ0v) is 15.7. The molecule has 0 aliphatic carbocycles. The Bertz CT molecular complexity index is 839. The molecule has 0 saturated heterocycles. The van der Waals surface area contributed by atoms with Gasteiger partial charge in [-0.3, -0.25) is 0 Å². The first-order valence-electron chi connectivity index (χ1n) is 8.38. The van der Waals surface area contributed by atoms with Crippen molar-refractivity contribution in [2.75, 3.05) is 0 Å². The molecule has 25 heavy (non-hydrogen) atoms. The summed E-state index contributed by atoms with van der Waals surface area (Å²) >= 11 is 0. The Labute approximate surface area is 149 Å². The molecular weight excluding hydrogens is 327 g/mol. The predicted molar refractivity (Wildman–Crippen MR) is 106 cm³/mol. The van der Waals surface area contributed by atoms with Crippen LogP contribution in [0.15, 0.2) is 72.8 Å². The molecule has 3 rings (SSSR count). The fraction of sp³-hybridized carbons (Fsp3) is 0.136. The minimum absolute atomic E-state index is 0.264. The fourth-order valence-electron chi connectivity index (χ4n) is 3.49. The molecule has 0 saturated carbocycles. The second-order valence-corrected chi connectivity index (χ2v) is 9.49. The van der Waals surface area contributed by atoms with Gasteiger partial charge in [-0.2, -0.15) is 0 Å². The molecule has 3 heteroatoms. The van der Waals surface area contributed by atoms with Gasteiger partial charge in [0.05, 0.1) is 0 Å². The van der Waals surface area contributed by atoms with Gasteiger partial charge in [0, 0.05) is 0 Å². The Morgan fingerprint density at radius 3 is 1.52 bits per heavy atom. The minimum atomic E-state index is -3.81. The van der Waals surface area contributed by atoms with E-state index in [0.717, 1.165) is 16.7 Å². The van der Waals surface area contributed by atoms with Crippen molar-refractivity contribution in [3.63, 3.8) is 0 Å². The van der Waals surface area contributed by atoms with Crippen molar-refractivity contribution < 1.29 is 9.69 Å². The molecule has 0 atom stereocenters. The molecule has 1 radical (unpaired) electrons. The van der Waals surface area contributed by atoms with Gasteiger partial charge in [-0.25, -0.2) is 0 Å². The van der Waals surface area contributed by atoms with Crippen LogP contribution in [-0.4, -0.2) is 5.52 Å². The summed E-state index contributed by atoms with van der Waals surface area (Å²) in [5.41, 5.74) is 3.17. The molecule has 0 spiro atoms. The van der Waals surface area contributed by atoms with Gasteiger partial charge in [-0.05, 0) is 0 Å². The maximum absolute atomic E-state index is 14.2. The summed E-state index contributed by atoms with van der Waals surface area (Å²) in [6, 6.07) is 22.2. The van der Waals surface area contributed by atoms with Crippen LogP contribution in [0, 0.1) is 20.8 Å². The summed E-state index contributed by atoms with van der Waals surface area (Å²) < 4.78 is 0. The first-order chi connectivity index (χ1) is 11.9. The quantitative estimate of drug-likeness (QED) is 0.639. The van der Waals surface area contributed by atoms with Gasteiger partial charge in [-0.1, -0.05) is 0 Å². The molecule has 0 fully saturated rings. The van der Waals surface area contributed by atoms with Crippen LogP contribution in [-0.2, 0) is 4.89 Å². The molecule has 0 bridgehead atoms. The van der Waals surface area contributed by atoms with Crippen LogP contribution in [0.25, 0.3) is 0 Å². The second kappa shape index (κ2) is 6.92. The molecule has 2 nitrogen and oxygen atoms in total. The van der Waals surface area contributed by atoms with E-state index in [1.54, 1.807) is 24.3 Å². The number of aryl methyl sites for hydroxylation is 3. The Hall–Kier alpha value is -2.28. The van der Waals surface area contributed by atoms with Gasteiger partial charge >= 0.3 is 149 Å². The van der Waals surface area contributed by atoms with E-state index in [9.17, 15) is 9.69 Å². The summed E-state index contributed by atoms with van der Waals surface area (Å²) in [6.07, 6.45) is 0. The molecule has 0 aliphatic heterocycles. The maximum atomic E-state index is 14.2. The molecule has 127 valence electrons. The van der Waals surface area contributed by atoms with Crippen molar-refractivity contribution in [2.24, 2.45) is 0 Å². The monoisotopic (exact) mass is 349 g/mol. The first kappa shape index (κ1) is 17.5. The van der Waals surface area contributed by atoms with E-state index < -0.39 is 7.49 Å². The van der Waals surface area contributed by atoms with Crippen LogP contribution in [0.5, 0.6) is 0 Å². The standard InChI is InChI=1S/C22H22O2P/c1-16-14-17(2)21(18(3)15-16)22(23)25(24,19-10-6-4-7-11-19)20-12-8-5-9-13-20/h4-15,25H,1-3H3. The van der Waals surface area contributed by atoms with Gasteiger partial charge in [0.25, 0.3) is 0 Å². The van der Waals surface area contributed by atoms with Gasteiger partial charge < -0.3 is 0 Å². The van der Waals surface area contributed by atoms with Crippen molar-refractivity contribution in [1.82, 2.24) is 0 Å². The van der Waals surface area contributed by atoms with E-state index in [2.05, 4.69) is 0 Å². The average molecular weight is 349 g/mol. The molecule has 0 unspecified atom stereocenters. The van der Waals surface area contributed by atoms with Crippen molar-refractivity contribution in [2.45, 2.75) is 20.8 Å². The second-order valence-electron chi connectivity index (χ2n) is 6.52. The zero-order valence-electron chi connectivity index (χ0n) is 14.7. The summed E-state index contributed by atoms with van der Waals surface area (Å²) in [7, 11) is -3.81. The van der Waals surface area contributed by atoms with Gasteiger partial charge in [-0.15, -0.1) is 0 Å². The van der Waals surface area contributed by atoms with Gasteiger partial charge in [0.1, 0.15) is 0 Å². The van der Waals surface area contributed by atoms with Crippen LogP contribution in [0.1, 0.15) is 27.0 Å². The molecule has 0 heterocycles. The van der Waals surface area contributed by atoms with Gasteiger partial charge in [0.2, 0.25) is 0 Å². The van der Waals surface area contributed by atoms with Crippen molar-refractivity contribution in [1.29, 1.82) is 0 Å². The predicted octanol–water partition coefficient (Wildman–Crippen LogP) is 4.50. The van der Waals surface area contributed by atoms with Crippen LogP contribution in [0.3, 0.4) is 0 Å². The number of rotatable bonds is 4. The molecule has 3 aromatic carbocycles. The van der Waals surface area contributed by atoms with Crippen molar-refractivity contribution in [3.05, 3.63) is 95.1 Å². The Kier molecular flexibility index (Phi) is 4.85. The molecule has 0 amide bonds. The summed E-state index contributed by atoms with van der Waals surface area (Å²) in [4.78, 5) is 27.8. The Morgan fingerprint density at radius 2 is 1.12 bits per heavy atom. The van der Waals surface area contributed by atoms with E-state index in [1.807, 2.05) is 69.3 Å². The molecule has 0 aliphatic rings. The van der Waals surface area contributed by atoms with Crippen LogP contribution in [0.2, 0.25) is 0 Å². The summed E-state index contributed by atoms with van der Waals surface area (Å²) in [5, 5.41) is 1.20. The summed E-state index contributed by atoms with van der Waals surface area (Å²) in [5.74, 6) is 0. The number of hydrogen-bond donors (Lipinski definition) is 0. The third kappa shape index (κ3) is 3.16. The number of carbonyl (C=O) groups is 1. The van der Waals surface area contributed by atoms with Gasteiger partial charge in [0.15, 0.2) is 0 Å². The number of hydrogen-bond acceptors (Lipinski definition) is 1. The van der Waals surface area contributed by atoms with Crippen LogP contribution in [0.4, 0.5) is 0 Å². The first-order valence-corrected chi connectivity index (χ1v) is 10.3. The van der Waals surface area contributed by atoms with E-state index in [4.69, 9.17) is 0 Å². The normalized spacial score (nSPS) is 12.0.